The van der Waals surface area contributed by atoms with Crippen LogP contribution < -0.4 is 20.4 Å². The maximum atomic E-state index is 10.2. The molecule has 4 aromatic carbocycles. The summed E-state index contributed by atoms with van der Waals surface area (Å²) in [5.74, 6) is -4.49. The molecule has 0 atom stereocenters. The first kappa shape index (κ1) is 50.0. The van der Waals surface area contributed by atoms with Crippen molar-refractivity contribution in [3.8, 4) is 0 Å². The summed E-state index contributed by atoms with van der Waals surface area (Å²) in [6.07, 6.45) is 5.11. The van der Waals surface area contributed by atoms with Gasteiger partial charge in [-0.25, -0.2) is 0 Å². The van der Waals surface area contributed by atoms with Crippen LogP contribution in [0.2, 0.25) is 0 Å². The fourth-order valence-corrected chi connectivity index (χ4v) is 4.11. The maximum absolute atomic E-state index is 10.2. The van der Waals surface area contributed by atoms with Crippen LogP contribution in [0.4, 0.5) is 0 Å². The van der Waals surface area contributed by atoms with E-state index in [1.807, 2.05) is 52.0 Å². The molecule has 4 aromatic rings. The molecule has 280 valence electrons. The van der Waals surface area contributed by atoms with Gasteiger partial charge in [-0.3, -0.25) is 0 Å². The van der Waals surface area contributed by atoms with Gasteiger partial charge in [0.05, 0.1) is 23.9 Å². The summed E-state index contributed by atoms with van der Waals surface area (Å²) in [4.78, 5) is 41.0. The Labute approximate surface area is 331 Å². The van der Waals surface area contributed by atoms with Gasteiger partial charge in [0.25, 0.3) is 0 Å². The van der Waals surface area contributed by atoms with Gasteiger partial charge in [0.2, 0.25) is 0 Å². The number of hydrogen-bond donors (Lipinski definition) is 0. The van der Waals surface area contributed by atoms with Crippen LogP contribution in [0.25, 0.3) is 0 Å². The number of carboxylic acids is 4. The molecule has 10 nitrogen and oxygen atoms in total. The van der Waals surface area contributed by atoms with Crippen LogP contribution in [0.1, 0.15) is 89.4 Å². The second-order valence-electron chi connectivity index (χ2n) is 11.3. The molecular weight excluding hydrogens is 843 g/mol. The van der Waals surface area contributed by atoms with Crippen LogP contribution in [0.15, 0.2) is 97.1 Å². The number of aromatic carboxylic acids is 4. The summed E-state index contributed by atoms with van der Waals surface area (Å²) < 4.78 is 9.89. The third kappa shape index (κ3) is 24.2. The van der Waals surface area contributed by atoms with E-state index >= 15 is 0 Å². The van der Waals surface area contributed by atoms with Crippen LogP contribution in [-0.2, 0) is 48.4 Å². The van der Waals surface area contributed by atoms with Gasteiger partial charge in [-0.05, 0) is 75.6 Å². The number of carbonyl (C=O) groups excluding carboxylic acids is 4. The van der Waals surface area contributed by atoms with E-state index in [1.165, 1.54) is 49.9 Å². The molecule has 0 aliphatic carbocycles. The zero-order chi connectivity index (χ0) is 37.3. The molecule has 0 aromatic heterocycles. The van der Waals surface area contributed by atoms with Crippen LogP contribution in [-0.4, -0.2) is 50.3 Å². The van der Waals surface area contributed by atoms with Crippen molar-refractivity contribution in [2.75, 3.05) is 26.4 Å². The minimum Gasteiger partial charge on any atom is -0.545 e. The van der Waals surface area contributed by atoms with Crippen molar-refractivity contribution < 1.29 is 88.0 Å². The molecule has 2 aliphatic rings. The second-order valence-corrected chi connectivity index (χ2v) is 11.3. The van der Waals surface area contributed by atoms with Gasteiger partial charge in [-0.1, -0.05) is 119 Å². The van der Waals surface area contributed by atoms with Gasteiger partial charge in [0.1, 0.15) is 0 Å². The van der Waals surface area contributed by atoms with E-state index < -0.39 is 23.9 Å². The summed E-state index contributed by atoms with van der Waals surface area (Å²) in [6, 6.07) is 26.5. The molecule has 2 heterocycles. The Morgan fingerprint density at radius 1 is 0.404 bits per heavy atom. The molecule has 0 amide bonds. The van der Waals surface area contributed by atoms with E-state index in [2.05, 4.69) is 0 Å². The van der Waals surface area contributed by atoms with Gasteiger partial charge in [0, 0.05) is 26.4 Å². The zero-order valence-electron chi connectivity index (χ0n) is 29.7. The Hall–Kier alpha value is -4.07. The van der Waals surface area contributed by atoms with Crippen molar-refractivity contribution >= 4 is 23.9 Å². The normalized spacial score (nSPS) is 11.8. The first-order chi connectivity index (χ1) is 23.8. The molecule has 12 heteroatoms. The number of rotatable bonds is 4. The fraction of sp³-hybridized carbons (Fsp3) is 0.300. The topological polar surface area (TPSA) is 179 Å². The predicted molar refractivity (Wildman–Crippen MR) is 182 cm³/mol. The fourth-order valence-electron chi connectivity index (χ4n) is 4.11. The Bertz CT molecular complexity index is 1390. The molecule has 2 saturated heterocycles. The first-order valence-corrected chi connectivity index (χ1v) is 16.1. The number of benzene rings is 4. The van der Waals surface area contributed by atoms with Crippen molar-refractivity contribution in [3.05, 3.63) is 142 Å². The van der Waals surface area contributed by atoms with Crippen molar-refractivity contribution in [3.63, 3.8) is 0 Å². The Balaban J connectivity index is 0. The van der Waals surface area contributed by atoms with E-state index in [4.69, 9.17) is 9.47 Å². The molecule has 0 radical (unpaired) electrons. The average molecular weight is 887 g/mol. The van der Waals surface area contributed by atoms with Gasteiger partial charge < -0.3 is 49.1 Å². The van der Waals surface area contributed by atoms with E-state index in [0.29, 0.717) is 0 Å². The number of ether oxygens (including phenoxy) is 2. The molecule has 0 saturated carbocycles. The smallest absolute Gasteiger partial charge is 0.545 e. The van der Waals surface area contributed by atoms with Gasteiger partial charge >= 0.3 is 39.0 Å². The first-order valence-electron chi connectivity index (χ1n) is 16.1. The second kappa shape index (κ2) is 29.5. The van der Waals surface area contributed by atoms with Crippen molar-refractivity contribution in [2.24, 2.45) is 0 Å². The van der Waals surface area contributed by atoms with Gasteiger partial charge in [-0.15, -0.1) is 0 Å². The summed E-state index contributed by atoms with van der Waals surface area (Å²) in [5.41, 5.74) is 4.67. The quantitative estimate of drug-likeness (QED) is 0.277. The van der Waals surface area contributed by atoms with Crippen molar-refractivity contribution in [1.29, 1.82) is 0 Å². The maximum Gasteiger partial charge on any atom is 2.00 e. The Kier molecular flexibility index (Phi) is 28.4. The van der Waals surface area contributed by atoms with Crippen molar-refractivity contribution in [2.45, 2.75) is 53.4 Å². The van der Waals surface area contributed by atoms with E-state index in [9.17, 15) is 39.6 Å². The number of aryl methyl sites for hydroxylation is 4. The molecule has 0 unspecified atom stereocenters. The largest absolute Gasteiger partial charge is 2.00 e. The Morgan fingerprint density at radius 3 is 0.692 bits per heavy atom. The number of carbonyl (C=O) groups is 4. The SMILES string of the molecule is C1CCOC1.C1CCOC1.Cc1cccc(C(=O)[O-])c1.Cc1cccc(C(=O)[O-])c1.Cc1cccc(C(=O)[O-])c1.Cc1cccc(C(=O)[O-])c1.[Ru+2].[Ru+2]. The third-order valence-electron chi connectivity index (χ3n) is 6.67. The Morgan fingerprint density at radius 2 is 0.596 bits per heavy atom. The zero-order valence-corrected chi connectivity index (χ0v) is 33.2. The molecule has 0 bridgehead atoms. The summed E-state index contributed by atoms with van der Waals surface area (Å²) in [5, 5.41) is 41.0. The minimum absolute atomic E-state index is 0. The van der Waals surface area contributed by atoms with E-state index in [1.54, 1.807) is 48.5 Å². The van der Waals surface area contributed by atoms with Crippen LogP contribution in [0, 0.1) is 27.7 Å². The third-order valence-corrected chi connectivity index (χ3v) is 6.67. The van der Waals surface area contributed by atoms with Crippen LogP contribution in [0.5, 0.6) is 0 Å². The standard InChI is InChI=1S/4C8H8O2.2C4H8O.2Ru/c4*1-6-3-2-4-7(5-6)8(9)10;2*1-2-4-5-3-1;;/h4*2-5H,1H3,(H,9,10);2*1-4H2;;/q;;;;;;2*+2/p-4. The molecule has 2 aliphatic heterocycles. The average Bonchev–Trinajstić information content (AvgIpc) is 3.86. The van der Waals surface area contributed by atoms with Crippen LogP contribution in [0.3, 0.4) is 0 Å². The van der Waals surface area contributed by atoms with Gasteiger partial charge in [-0.2, -0.15) is 0 Å². The molecule has 2 fully saturated rings. The molecule has 0 spiro atoms. The molecule has 0 N–H and O–H groups in total. The van der Waals surface area contributed by atoms with Crippen LogP contribution >= 0.6 is 0 Å². The predicted octanol–water partition coefficient (Wildman–Crippen LogP) is 3.02. The molecular formula is C40H44O10Ru2. The summed E-state index contributed by atoms with van der Waals surface area (Å²) in [6.45, 7) is 11.4. The summed E-state index contributed by atoms with van der Waals surface area (Å²) >= 11 is 0. The van der Waals surface area contributed by atoms with Crippen molar-refractivity contribution in [1.82, 2.24) is 0 Å². The number of carboxylic acid groups (broad SMARTS) is 4. The van der Waals surface area contributed by atoms with Gasteiger partial charge in [0.15, 0.2) is 0 Å². The monoisotopic (exact) mass is 888 g/mol. The molecule has 6 rings (SSSR count). The molecule has 52 heavy (non-hydrogen) atoms. The minimum atomic E-state index is -1.12. The van der Waals surface area contributed by atoms with E-state index in [-0.39, 0.29) is 61.2 Å². The summed E-state index contributed by atoms with van der Waals surface area (Å²) in [7, 11) is 0. The van der Waals surface area contributed by atoms with E-state index in [0.717, 1.165) is 48.7 Å². The number of hydrogen-bond acceptors (Lipinski definition) is 10.